The average Bonchev–Trinajstić information content (AvgIpc) is 2.47. The molecule has 0 aromatic carbocycles. The molecular formula is C13H17N. The molecule has 2 aliphatic rings. The van der Waals surface area contributed by atoms with Crippen LogP contribution in [0.2, 0.25) is 0 Å². The van der Waals surface area contributed by atoms with Gasteiger partial charge < -0.3 is 5.32 Å². The maximum absolute atomic E-state index is 3.51. The summed E-state index contributed by atoms with van der Waals surface area (Å²) in [6.07, 6.45) is 12.2. The van der Waals surface area contributed by atoms with Crippen molar-refractivity contribution in [2.75, 3.05) is 0 Å². The van der Waals surface area contributed by atoms with Crippen LogP contribution in [0.4, 0.5) is 0 Å². The van der Waals surface area contributed by atoms with Gasteiger partial charge in [0.15, 0.2) is 0 Å². The second kappa shape index (κ2) is 3.87. The minimum absolute atomic E-state index is 1.13. The Hall–Kier alpha value is -1.24. The molecule has 2 aliphatic carbocycles. The second-order valence-corrected chi connectivity index (χ2v) is 4.15. The Kier molecular flexibility index (Phi) is 2.58. The topological polar surface area (TPSA) is 12.0 Å². The van der Waals surface area contributed by atoms with Crippen molar-refractivity contribution in [1.29, 1.82) is 0 Å². The molecule has 0 aliphatic heterocycles. The molecule has 0 unspecified atom stereocenters. The molecule has 1 heteroatoms. The minimum atomic E-state index is 1.13. The van der Waals surface area contributed by atoms with Gasteiger partial charge in [-0.05, 0) is 50.8 Å². The SMILES string of the molecule is CC1=CC(NC2=CC=CCC2)=C(C)C1. The van der Waals surface area contributed by atoms with Gasteiger partial charge in [0.05, 0.1) is 0 Å². The van der Waals surface area contributed by atoms with E-state index in [1.54, 1.807) is 0 Å². The summed E-state index contributed by atoms with van der Waals surface area (Å²) in [5.74, 6) is 0. The largest absolute Gasteiger partial charge is 0.359 e. The van der Waals surface area contributed by atoms with E-state index in [2.05, 4.69) is 43.5 Å². The van der Waals surface area contributed by atoms with Crippen LogP contribution in [0.3, 0.4) is 0 Å². The Balaban J connectivity index is 2.07. The van der Waals surface area contributed by atoms with Crippen molar-refractivity contribution in [3.63, 3.8) is 0 Å². The maximum atomic E-state index is 3.51. The number of allylic oxidation sites excluding steroid dienone is 7. The monoisotopic (exact) mass is 187 g/mol. The summed E-state index contributed by atoms with van der Waals surface area (Å²) in [5.41, 5.74) is 5.56. The van der Waals surface area contributed by atoms with Gasteiger partial charge in [0, 0.05) is 11.4 Å². The lowest BCUT2D eigenvalue weighted by Gasteiger charge is -2.12. The third-order valence-electron chi connectivity index (χ3n) is 2.70. The Morgan fingerprint density at radius 2 is 2.14 bits per heavy atom. The van der Waals surface area contributed by atoms with Crippen LogP contribution in [0.25, 0.3) is 0 Å². The van der Waals surface area contributed by atoms with Crippen LogP contribution in [0.15, 0.2) is 46.8 Å². The lowest BCUT2D eigenvalue weighted by atomic mass is 10.1. The number of rotatable bonds is 2. The minimum Gasteiger partial charge on any atom is -0.359 e. The molecule has 0 saturated heterocycles. The molecule has 0 amide bonds. The van der Waals surface area contributed by atoms with Crippen LogP contribution < -0.4 is 5.32 Å². The van der Waals surface area contributed by atoms with Gasteiger partial charge >= 0.3 is 0 Å². The first-order valence-electron chi connectivity index (χ1n) is 5.25. The molecule has 0 aromatic rings. The predicted molar refractivity (Wildman–Crippen MR) is 60.7 cm³/mol. The van der Waals surface area contributed by atoms with Crippen molar-refractivity contribution >= 4 is 0 Å². The van der Waals surface area contributed by atoms with Gasteiger partial charge in [-0.15, -0.1) is 0 Å². The van der Waals surface area contributed by atoms with Gasteiger partial charge in [0.2, 0.25) is 0 Å². The van der Waals surface area contributed by atoms with Crippen molar-refractivity contribution in [2.24, 2.45) is 0 Å². The molecule has 0 fully saturated rings. The van der Waals surface area contributed by atoms with E-state index >= 15 is 0 Å². The Bertz CT molecular complexity index is 353. The fourth-order valence-electron chi connectivity index (χ4n) is 1.96. The molecule has 0 aromatic heterocycles. The Morgan fingerprint density at radius 3 is 2.71 bits per heavy atom. The summed E-state index contributed by atoms with van der Waals surface area (Å²) in [4.78, 5) is 0. The molecular weight excluding hydrogens is 170 g/mol. The van der Waals surface area contributed by atoms with Crippen LogP contribution in [-0.2, 0) is 0 Å². The first kappa shape index (κ1) is 9.32. The molecule has 0 bridgehead atoms. The summed E-state index contributed by atoms with van der Waals surface area (Å²) in [5, 5.41) is 3.51. The van der Waals surface area contributed by atoms with Crippen LogP contribution in [0, 0.1) is 0 Å². The zero-order valence-corrected chi connectivity index (χ0v) is 8.93. The third-order valence-corrected chi connectivity index (χ3v) is 2.70. The van der Waals surface area contributed by atoms with Gasteiger partial charge in [0.1, 0.15) is 0 Å². The van der Waals surface area contributed by atoms with E-state index in [1.165, 1.54) is 22.5 Å². The highest BCUT2D eigenvalue weighted by molar-refractivity contribution is 5.38. The molecule has 74 valence electrons. The van der Waals surface area contributed by atoms with Crippen molar-refractivity contribution in [1.82, 2.24) is 5.32 Å². The lowest BCUT2D eigenvalue weighted by Crippen LogP contribution is -2.12. The van der Waals surface area contributed by atoms with Crippen molar-refractivity contribution in [3.05, 3.63) is 46.8 Å². The van der Waals surface area contributed by atoms with E-state index in [1.807, 2.05) is 0 Å². The number of hydrogen-bond donors (Lipinski definition) is 1. The normalized spacial score (nSPS) is 21.0. The Morgan fingerprint density at radius 1 is 1.29 bits per heavy atom. The quantitative estimate of drug-likeness (QED) is 0.698. The van der Waals surface area contributed by atoms with Crippen molar-refractivity contribution < 1.29 is 0 Å². The highest BCUT2D eigenvalue weighted by atomic mass is 14.9. The molecule has 0 radical (unpaired) electrons. The summed E-state index contributed by atoms with van der Waals surface area (Å²) >= 11 is 0. The fourth-order valence-corrected chi connectivity index (χ4v) is 1.96. The first-order chi connectivity index (χ1) is 6.75. The molecule has 2 rings (SSSR count). The van der Waals surface area contributed by atoms with Gasteiger partial charge in [-0.25, -0.2) is 0 Å². The van der Waals surface area contributed by atoms with Gasteiger partial charge in [-0.1, -0.05) is 17.7 Å². The molecule has 1 nitrogen and oxygen atoms in total. The van der Waals surface area contributed by atoms with Crippen LogP contribution in [0.1, 0.15) is 33.1 Å². The van der Waals surface area contributed by atoms with Crippen molar-refractivity contribution in [3.8, 4) is 0 Å². The molecule has 0 atom stereocenters. The summed E-state index contributed by atoms with van der Waals surface area (Å²) in [7, 11) is 0. The molecule has 0 spiro atoms. The van der Waals surface area contributed by atoms with E-state index in [9.17, 15) is 0 Å². The molecule has 1 N–H and O–H groups in total. The predicted octanol–water partition coefficient (Wildman–Crippen LogP) is 3.43. The van der Waals surface area contributed by atoms with Crippen LogP contribution >= 0.6 is 0 Å². The van der Waals surface area contributed by atoms with Gasteiger partial charge in [-0.3, -0.25) is 0 Å². The van der Waals surface area contributed by atoms with Gasteiger partial charge in [-0.2, -0.15) is 0 Å². The number of nitrogens with one attached hydrogen (secondary N) is 1. The third kappa shape index (κ3) is 1.98. The van der Waals surface area contributed by atoms with E-state index < -0.39 is 0 Å². The smallest absolute Gasteiger partial charge is 0.0373 e. The maximum Gasteiger partial charge on any atom is 0.0373 e. The van der Waals surface area contributed by atoms with Crippen molar-refractivity contribution in [2.45, 2.75) is 33.1 Å². The molecule has 0 saturated carbocycles. The summed E-state index contributed by atoms with van der Waals surface area (Å²) in [6, 6.07) is 0. The van der Waals surface area contributed by atoms with Gasteiger partial charge in [0.25, 0.3) is 0 Å². The first-order valence-corrected chi connectivity index (χ1v) is 5.25. The van der Waals surface area contributed by atoms with E-state index in [4.69, 9.17) is 0 Å². The zero-order chi connectivity index (χ0) is 9.97. The highest BCUT2D eigenvalue weighted by Crippen LogP contribution is 2.24. The van der Waals surface area contributed by atoms with Crippen LogP contribution in [-0.4, -0.2) is 0 Å². The molecule has 14 heavy (non-hydrogen) atoms. The van der Waals surface area contributed by atoms with E-state index in [-0.39, 0.29) is 0 Å². The number of hydrogen-bond acceptors (Lipinski definition) is 1. The average molecular weight is 187 g/mol. The second-order valence-electron chi connectivity index (χ2n) is 4.15. The standard InChI is InChI=1S/C13H17N/c1-10-8-11(2)13(9-10)14-12-6-4-3-5-7-12/h3-4,6,9,14H,5,7-8H2,1-2H3. The van der Waals surface area contributed by atoms with E-state index in [0.29, 0.717) is 0 Å². The van der Waals surface area contributed by atoms with Crippen LogP contribution in [0.5, 0.6) is 0 Å². The highest BCUT2D eigenvalue weighted by Gasteiger charge is 2.10. The van der Waals surface area contributed by atoms with E-state index in [0.717, 1.165) is 19.3 Å². The fraction of sp³-hybridized carbons (Fsp3) is 0.385. The molecule has 0 heterocycles. The Labute approximate surface area is 85.9 Å². The summed E-state index contributed by atoms with van der Waals surface area (Å²) < 4.78 is 0. The summed E-state index contributed by atoms with van der Waals surface area (Å²) in [6.45, 7) is 4.39. The zero-order valence-electron chi connectivity index (χ0n) is 8.93. The lowest BCUT2D eigenvalue weighted by molar-refractivity contribution is 0.845.